The lowest BCUT2D eigenvalue weighted by Crippen LogP contribution is -2.50. The fourth-order valence-corrected chi connectivity index (χ4v) is 2.88. The molecule has 0 aliphatic carbocycles. The molecule has 102 valence electrons. The minimum Gasteiger partial charge on any atom is -0.481 e. The van der Waals surface area contributed by atoms with E-state index in [1.54, 1.807) is 23.9 Å². The van der Waals surface area contributed by atoms with Crippen LogP contribution >= 0.6 is 11.8 Å². The van der Waals surface area contributed by atoms with E-state index >= 15 is 0 Å². The summed E-state index contributed by atoms with van der Waals surface area (Å²) in [6, 6.07) is 2.41. The van der Waals surface area contributed by atoms with Crippen molar-refractivity contribution in [2.24, 2.45) is 0 Å². The molecular weight excluding hydrogens is 268 g/mol. The van der Waals surface area contributed by atoms with Gasteiger partial charge in [0.05, 0.1) is 12.7 Å². The van der Waals surface area contributed by atoms with Crippen LogP contribution in [-0.4, -0.2) is 58.1 Å². The van der Waals surface area contributed by atoms with Crippen molar-refractivity contribution in [2.45, 2.75) is 6.04 Å². The molecule has 1 aromatic rings. The lowest BCUT2D eigenvalue weighted by Gasteiger charge is -2.32. The van der Waals surface area contributed by atoms with Crippen LogP contribution in [0.2, 0.25) is 0 Å². The van der Waals surface area contributed by atoms with Crippen LogP contribution in [0.25, 0.3) is 0 Å². The van der Waals surface area contributed by atoms with E-state index in [1.807, 2.05) is 0 Å². The largest absolute Gasteiger partial charge is 0.481 e. The van der Waals surface area contributed by atoms with Crippen LogP contribution in [0.1, 0.15) is 10.4 Å². The smallest absolute Gasteiger partial charge is 0.327 e. The summed E-state index contributed by atoms with van der Waals surface area (Å²) >= 11 is 1.54. The number of pyridine rings is 1. The van der Waals surface area contributed by atoms with E-state index in [4.69, 9.17) is 9.84 Å². The molecule has 0 spiro atoms. The summed E-state index contributed by atoms with van der Waals surface area (Å²) in [6.45, 7) is 0.437. The Balaban J connectivity index is 2.18. The Bertz CT molecular complexity index is 477. The van der Waals surface area contributed by atoms with Crippen molar-refractivity contribution in [1.82, 2.24) is 9.88 Å². The van der Waals surface area contributed by atoms with E-state index < -0.39 is 12.0 Å². The minimum absolute atomic E-state index is 0.303. The van der Waals surface area contributed by atoms with Crippen LogP contribution in [-0.2, 0) is 4.79 Å². The average Bonchev–Trinajstić information content (AvgIpc) is 2.46. The number of carboxylic acids is 1. The van der Waals surface area contributed by atoms with Gasteiger partial charge in [0.15, 0.2) is 0 Å². The van der Waals surface area contributed by atoms with Crippen LogP contribution in [0, 0.1) is 0 Å². The number of carbonyl (C=O) groups excluding carboxylic acids is 1. The van der Waals surface area contributed by atoms with Crippen molar-refractivity contribution < 1.29 is 19.4 Å². The van der Waals surface area contributed by atoms with E-state index in [2.05, 4.69) is 4.98 Å². The van der Waals surface area contributed by atoms with E-state index in [-0.39, 0.29) is 5.91 Å². The molecule has 1 N–H and O–H groups in total. The van der Waals surface area contributed by atoms with E-state index in [9.17, 15) is 9.59 Å². The first kappa shape index (κ1) is 13.7. The first-order valence-corrected chi connectivity index (χ1v) is 6.90. The molecule has 1 fully saturated rings. The van der Waals surface area contributed by atoms with Crippen molar-refractivity contribution in [1.29, 1.82) is 0 Å². The Labute approximate surface area is 114 Å². The molecule has 0 bridgehead atoms. The quantitative estimate of drug-likeness (QED) is 0.880. The van der Waals surface area contributed by atoms with E-state index in [1.165, 1.54) is 18.2 Å². The molecule has 2 heterocycles. The van der Waals surface area contributed by atoms with Crippen molar-refractivity contribution in [2.75, 3.05) is 25.2 Å². The molecule has 1 amide bonds. The molecule has 1 aliphatic rings. The Morgan fingerprint density at radius 2 is 2.32 bits per heavy atom. The number of aromatic nitrogens is 1. The predicted octanol–water partition coefficient (Wildman–Crippen LogP) is 0.732. The predicted molar refractivity (Wildman–Crippen MR) is 70.6 cm³/mol. The summed E-state index contributed by atoms with van der Waals surface area (Å²) in [5.41, 5.74) is 0.374. The lowest BCUT2D eigenvalue weighted by atomic mass is 10.2. The highest BCUT2D eigenvalue weighted by Gasteiger charge is 2.32. The molecule has 1 aliphatic heterocycles. The maximum absolute atomic E-state index is 12.3. The molecule has 0 radical (unpaired) electrons. The number of nitrogens with zero attached hydrogens (tertiary/aromatic N) is 2. The van der Waals surface area contributed by atoms with Crippen LogP contribution in [0.5, 0.6) is 5.88 Å². The van der Waals surface area contributed by atoms with Gasteiger partial charge in [-0.25, -0.2) is 9.78 Å². The molecule has 7 heteroatoms. The van der Waals surface area contributed by atoms with Gasteiger partial charge in [0, 0.05) is 30.3 Å². The normalized spacial score (nSPS) is 19.0. The topological polar surface area (TPSA) is 79.7 Å². The number of carbonyl (C=O) groups is 2. The molecule has 2 rings (SSSR count). The molecule has 1 atom stereocenters. The summed E-state index contributed by atoms with van der Waals surface area (Å²) in [6.07, 6.45) is 1.40. The zero-order valence-electron chi connectivity index (χ0n) is 10.4. The van der Waals surface area contributed by atoms with Gasteiger partial charge in [-0.05, 0) is 6.07 Å². The number of amides is 1. The number of aliphatic carboxylic acids is 1. The molecule has 1 saturated heterocycles. The number of thioether (sulfide) groups is 1. The molecule has 1 aromatic heterocycles. The third-order valence-corrected chi connectivity index (χ3v) is 3.89. The van der Waals surface area contributed by atoms with Gasteiger partial charge in [0.25, 0.3) is 5.91 Å². The lowest BCUT2D eigenvalue weighted by molar-refractivity contribution is -0.141. The van der Waals surface area contributed by atoms with Gasteiger partial charge < -0.3 is 14.7 Å². The maximum atomic E-state index is 12.3. The summed E-state index contributed by atoms with van der Waals surface area (Å²) < 4.78 is 4.92. The molecule has 0 saturated carbocycles. The maximum Gasteiger partial charge on any atom is 0.327 e. The monoisotopic (exact) mass is 282 g/mol. The minimum atomic E-state index is -0.970. The second-order valence-corrected chi connectivity index (χ2v) is 5.17. The van der Waals surface area contributed by atoms with Gasteiger partial charge in [0.1, 0.15) is 6.04 Å². The van der Waals surface area contributed by atoms with Gasteiger partial charge in [-0.1, -0.05) is 0 Å². The third-order valence-electron chi connectivity index (χ3n) is 2.87. The summed E-state index contributed by atoms with van der Waals surface area (Å²) in [4.78, 5) is 28.8. The van der Waals surface area contributed by atoms with E-state index in [0.717, 1.165) is 5.75 Å². The Morgan fingerprint density at radius 3 is 2.89 bits per heavy atom. The van der Waals surface area contributed by atoms with Gasteiger partial charge >= 0.3 is 5.97 Å². The van der Waals surface area contributed by atoms with Gasteiger partial charge in [-0.3, -0.25) is 4.79 Å². The van der Waals surface area contributed by atoms with Gasteiger partial charge in [-0.2, -0.15) is 11.8 Å². The zero-order valence-corrected chi connectivity index (χ0v) is 11.2. The van der Waals surface area contributed by atoms with Crippen LogP contribution < -0.4 is 4.74 Å². The number of rotatable bonds is 3. The molecule has 6 nitrogen and oxygen atoms in total. The van der Waals surface area contributed by atoms with Crippen LogP contribution in [0.4, 0.5) is 0 Å². The van der Waals surface area contributed by atoms with Crippen LogP contribution in [0.15, 0.2) is 18.3 Å². The SMILES string of the molecule is COc1ccc(C(=O)N2CCSCC2C(=O)O)cn1. The molecule has 1 unspecified atom stereocenters. The highest BCUT2D eigenvalue weighted by atomic mass is 32.2. The fourth-order valence-electron chi connectivity index (χ4n) is 1.84. The fraction of sp³-hybridized carbons (Fsp3) is 0.417. The Kier molecular flexibility index (Phi) is 4.26. The summed E-state index contributed by atoms with van der Waals surface area (Å²) in [5.74, 6) is 0.314. The summed E-state index contributed by atoms with van der Waals surface area (Å²) in [5, 5.41) is 9.14. The van der Waals surface area contributed by atoms with Crippen molar-refractivity contribution in [3.8, 4) is 5.88 Å². The number of ether oxygens (including phenoxy) is 1. The highest BCUT2D eigenvalue weighted by molar-refractivity contribution is 7.99. The van der Waals surface area contributed by atoms with Crippen molar-refractivity contribution in [3.63, 3.8) is 0 Å². The summed E-state index contributed by atoms with van der Waals surface area (Å²) in [7, 11) is 1.49. The molecule has 19 heavy (non-hydrogen) atoms. The molecule has 0 aromatic carbocycles. The van der Waals surface area contributed by atoms with Crippen molar-refractivity contribution >= 4 is 23.6 Å². The highest BCUT2D eigenvalue weighted by Crippen LogP contribution is 2.19. The Morgan fingerprint density at radius 1 is 1.53 bits per heavy atom. The first-order chi connectivity index (χ1) is 9.13. The standard InChI is InChI=1S/C12H14N2O4S/c1-18-10-3-2-8(6-13-10)11(15)14-4-5-19-7-9(14)12(16)17/h2-3,6,9H,4-5,7H2,1H3,(H,16,17). The first-order valence-electron chi connectivity index (χ1n) is 5.75. The number of carboxylic acid groups (broad SMARTS) is 1. The Hall–Kier alpha value is -1.76. The van der Waals surface area contributed by atoms with Crippen molar-refractivity contribution in [3.05, 3.63) is 23.9 Å². The second-order valence-electron chi connectivity index (χ2n) is 4.02. The van der Waals surface area contributed by atoms with Crippen LogP contribution in [0.3, 0.4) is 0 Å². The number of hydrogen-bond acceptors (Lipinski definition) is 5. The number of hydrogen-bond donors (Lipinski definition) is 1. The third kappa shape index (κ3) is 2.98. The number of methoxy groups -OCH3 is 1. The van der Waals surface area contributed by atoms with Gasteiger partial charge in [0.2, 0.25) is 5.88 Å². The zero-order chi connectivity index (χ0) is 13.8. The average molecular weight is 282 g/mol. The molecular formula is C12H14N2O4S. The van der Waals surface area contributed by atoms with E-state index in [0.29, 0.717) is 23.7 Å². The second kappa shape index (κ2) is 5.92. The van der Waals surface area contributed by atoms with Gasteiger partial charge in [-0.15, -0.1) is 0 Å².